The fourth-order valence-electron chi connectivity index (χ4n) is 2.53. The predicted molar refractivity (Wildman–Crippen MR) is 71.9 cm³/mol. The van der Waals surface area contributed by atoms with Crippen molar-refractivity contribution in [3.8, 4) is 0 Å². The summed E-state index contributed by atoms with van der Waals surface area (Å²) >= 11 is 1.66. The normalized spacial score (nSPS) is 25.2. The van der Waals surface area contributed by atoms with Gasteiger partial charge in [0.1, 0.15) is 6.04 Å². The Kier molecular flexibility index (Phi) is 4.35. The molecule has 1 fully saturated rings. The molecule has 2 heterocycles. The van der Waals surface area contributed by atoms with Gasteiger partial charge in [0.05, 0.1) is 11.2 Å². The second-order valence-electron chi connectivity index (χ2n) is 5.13. The first-order valence-corrected chi connectivity index (χ1v) is 7.31. The van der Waals surface area contributed by atoms with Crippen LogP contribution in [0.5, 0.6) is 0 Å². The summed E-state index contributed by atoms with van der Waals surface area (Å²) in [6.07, 6.45) is 2.79. The molecule has 0 saturated carbocycles. The Morgan fingerprint density at radius 2 is 2.44 bits per heavy atom. The van der Waals surface area contributed by atoms with Crippen LogP contribution in [0.2, 0.25) is 0 Å². The van der Waals surface area contributed by atoms with Crippen molar-refractivity contribution in [2.75, 3.05) is 13.1 Å². The Hall–Kier alpha value is -0.940. The highest BCUT2D eigenvalue weighted by Crippen LogP contribution is 2.23. The molecule has 1 N–H and O–H groups in total. The van der Waals surface area contributed by atoms with Gasteiger partial charge in [0.25, 0.3) is 0 Å². The highest BCUT2D eigenvalue weighted by Gasteiger charge is 2.31. The number of aliphatic carboxylic acids is 1. The van der Waals surface area contributed by atoms with Crippen molar-refractivity contribution in [3.63, 3.8) is 0 Å². The third kappa shape index (κ3) is 3.09. The molecule has 1 saturated heterocycles. The summed E-state index contributed by atoms with van der Waals surface area (Å²) in [7, 11) is 0. The molecule has 4 nitrogen and oxygen atoms in total. The van der Waals surface area contributed by atoms with Gasteiger partial charge < -0.3 is 5.11 Å². The lowest BCUT2D eigenvalue weighted by molar-refractivity contribution is -0.145. The molecule has 1 aliphatic rings. The second-order valence-corrected chi connectivity index (χ2v) is 6.07. The van der Waals surface area contributed by atoms with E-state index in [2.05, 4.69) is 16.8 Å². The minimum absolute atomic E-state index is 0.304. The van der Waals surface area contributed by atoms with Crippen LogP contribution in [0.15, 0.2) is 5.51 Å². The number of hydrogen-bond acceptors (Lipinski definition) is 4. The number of rotatable bonds is 4. The van der Waals surface area contributed by atoms with E-state index in [1.807, 2.05) is 12.4 Å². The zero-order valence-corrected chi connectivity index (χ0v) is 11.7. The Balaban J connectivity index is 1.95. The lowest BCUT2D eigenvalue weighted by Crippen LogP contribution is -2.47. The average Bonchev–Trinajstić information content (AvgIpc) is 2.73. The molecule has 0 aromatic carbocycles. The third-order valence-corrected chi connectivity index (χ3v) is 4.73. The lowest BCUT2D eigenvalue weighted by atomic mass is 9.92. The molecule has 2 atom stereocenters. The van der Waals surface area contributed by atoms with Gasteiger partial charge in [-0.25, -0.2) is 4.98 Å². The maximum atomic E-state index is 11.3. The minimum atomic E-state index is -0.678. The van der Waals surface area contributed by atoms with Gasteiger partial charge in [-0.05, 0) is 38.6 Å². The van der Waals surface area contributed by atoms with E-state index in [4.69, 9.17) is 0 Å². The quantitative estimate of drug-likeness (QED) is 0.909. The number of aromatic nitrogens is 1. The highest BCUT2D eigenvalue weighted by molar-refractivity contribution is 7.09. The first-order chi connectivity index (χ1) is 8.58. The number of carboxylic acid groups (broad SMARTS) is 1. The number of carboxylic acids is 1. The van der Waals surface area contributed by atoms with Crippen LogP contribution >= 0.6 is 11.3 Å². The van der Waals surface area contributed by atoms with Crippen molar-refractivity contribution in [1.82, 2.24) is 9.88 Å². The van der Waals surface area contributed by atoms with Crippen LogP contribution in [0, 0.1) is 12.8 Å². The van der Waals surface area contributed by atoms with Crippen LogP contribution < -0.4 is 0 Å². The van der Waals surface area contributed by atoms with Crippen LogP contribution in [-0.4, -0.2) is 40.1 Å². The van der Waals surface area contributed by atoms with Gasteiger partial charge >= 0.3 is 5.97 Å². The smallest absolute Gasteiger partial charge is 0.320 e. The largest absolute Gasteiger partial charge is 0.480 e. The molecule has 0 bridgehead atoms. The van der Waals surface area contributed by atoms with Crippen molar-refractivity contribution >= 4 is 17.3 Å². The van der Waals surface area contributed by atoms with Crippen LogP contribution in [0.25, 0.3) is 0 Å². The Labute approximate surface area is 112 Å². The Morgan fingerprint density at radius 3 is 3.06 bits per heavy atom. The number of thiazole rings is 1. The van der Waals surface area contributed by atoms with Gasteiger partial charge in [0, 0.05) is 11.4 Å². The fourth-order valence-corrected chi connectivity index (χ4v) is 3.30. The summed E-state index contributed by atoms with van der Waals surface area (Å²) in [4.78, 5) is 18.9. The molecule has 2 unspecified atom stereocenters. The second kappa shape index (κ2) is 5.80. The predicted octanol–water partition coefficient (Wildman–Crippen LogP) is 2.18. The maximum Gasteiger partial charge on any atom is 0.320 e. The van der Waals surface area contributed by atoms with Gasteiger partial charge in [0.15, 0.2) is 0 Å². The van der Waals surface area contributed by atoms with Crippen LogP contribution in [0.3, 0.4) is 0 Å². The lowest BCUT2D eigenvalue weighted by Gasteiger charge is -2.35. The van der Waals surface area contributed by atoms with E-state index in [0.717, 1.165) is 38.0 Å². The van der Waals surface area contributed by atoms with Crippen molar-refractivity contribution in [1.29, 1.82) is 0 Å². The van der Waals surface area contributed by atoms with E-state index >= 15 is 0 Å². The first-order valence-electron chi connectivity index (χ1n) is 6.43. The maximum absolute atomic E-state index is 11.3. The van der Waals surface area contributed by atoms with Gasteiger partial charge in [-0.1, -0.05) is 6.92 Å². The summed E-state index contributed by atoms with van der Waals surface area (Å²) in [6.45, 7) is 5.88. The molecular formula is C13H20N2O2S. The van der Waals surface area contributed by atoms with E-state index in [0.29, 0.717) is 5.92 Å². The van der Waals surface area contributed by atoms with E-state index < -0.39 is 5.97 Å². The van der Waals surface area contributed by atoms with Crippen molar-refractivity contribution in [2.45, 2.75) is 39.2 Å². The molecule has 1 aliphatic heterocycles. The topological polar surface area (TPSA) is 53.4 Å². The molecular weight excluding hydrogens is 248 g/mol. The van der Waals surface area contributed by atoms with E-state index in [-0.39, 0.29) is 6.04 Å². The fraction of sp³-hybridized carbons (Fsp3) is 0.692. The van der Waals surface area contributed by atoms with Crippen molar-refractivity contribution in [3.05, 3.63) is 16.1 Å². The summed E-state index contributed by atoms with van der Waals surface area (Å²) < 4.78 is 0. The monoisotopic (exact) mass is 268 g/mol. The van der Waals surface area contributed by atoms with Gasteiger partial charge in [-0.15, -0.1) is 11.3 Å². The molecule has 0 spiro atoms. The number of hydrogen-bond donors (Lipinski definition) is 1. The zero-order valence-electron chi connectivity index (χ0n) is 10.9. The van der Waals surface area contributed by atoms with Crippen LogP contribution in [-0.2, 0) is 11.2 Å². The number of likely N-dealkylation sites (tertiary alicyclic amines) is 1. The van der Waals surface area contributed by atoms with Gasteiger partial charge in [-0.3, -0.25) is 9.69 Å². The molecule has 0 amide bonds. The molecule has 0 radical (unpaired) electrons. The number of carbonyl (C=O) groups is 1. The minimum Gasteiger partial charge on any atom is -0.480 e. The highest BCUT2D eigenvalue weighted by atomic mass is 32.1. The summed E-state index contributed by atoms with van der Waals surface area (Å²) in [5.41, 5.74) is 2.94. The zero-order chi connectivity index (χ0) is 13.1. The molecule has 100 valence electrons. The summed E-state index contributed by atoms with van der Waals surface area (Å²) in [5, 5.41) is 9.29. The average molecular weight is 268 g/mol. The van der Waals surface area contributed by atoms with E-state index in [1.54, 1.807) is 11.3 Å². The Bertz CT molecular complexity index is 419. The molecule has 0 aliphatic carbocycles. The third-order valence-electron chi connectivity index (χ3n) is 3.73. The molecule has 2 rings (SSSR count). The van der Waals surface area contributed by atoms with Gasteiger partial charge in [-0.2, -0.15) is 0 Å². The molecule has 5 heteroatoms. The SMILES string of the molecule is Cc1ncsc1CCN1CCC(C)CC1C(=O)O. The summed E-state index contributed by atoms with van der Waals surface area (Å²) in [6, 6.07) is -0.304. The molecule has 1 aromatic rings. The van der Waals surface area contributed by atoms with Crippen LogP contribution in [0.1, 0.15) is 30.3 Å². The van der Waals surface area contributed by atoms with E-state index in [1.165, 1.54) is 4.88 Å². The van der Waals surface area contributed by atoms with E-state index in [9.17, 15) is 9.90 Å². The summed E-state index contributed by atoms with van der Waals surface area (Å²) in [5.74, 6) is -0.157. The molecule has 18 heavy (non-hydrogen) atoms. The number of nitrogens with zero attached hydrogens (tertiary/aromatic N) is 2. The number of piperidine rings is 1. The number of aryl methyl sites for hydroxylation is 1. The Morgan fingerprint density at radius 1 is 1.67 bits per heavy atom. The first kappa shape index (κ1) is 13.5. The van der Waals surface area contributed by atoms with Gasteiger partial charge in [0.2, 0.25) is 0 Å². The van der Waals surface area contributed by atoms with Crippen LogP contribution in [0.4, 0.5) is 0 Å². The van der Waals surface area contributed by atoms with Crippen molar-refractivity contribution in [2.24, 2.45) is 5.92 Å². The standard InChI is InChI=1S/C13H20N2O2S/c1-9-3-5-15(11(7-9)13(16)17)6-4-12-10(2)14-8-18-12/h8-9,11H,3-7H2,1-2H3,(H,16,17). The van der Waals surface area contributed by atoms with Crippen molar-refractivity contribution < 1.29 is 9.90 Å². The molecule has 1 aromatic heterocycles.